The van der Waals surface area contributed by atoms with Crippen LogP contribution >= 0.6 is 33.9 Å². The highest BCUT2D eigenvalue weighted by Crippen LogP contribution is 2.37. The van der Waals surface area contributed by atoms with E-state index < -0.39 is 0 Å². The summed E-state index contributed by atoms with van der Waals surface area (Å²) in [5, 5.41) is 5.02. The lowest BCUT2D eigenvalue weighted by Crippen LogP contribution is -2.18. The number of halogens is 1. The van der Waals surface area contributed by atoms with Crippen molar-refractivity contribution in [3.05, 3.63) is 80.4 Å². The third kappa shape index (κ3) is 4.20. The Morgan fingerprint density at radius 1 is 1.06 bits per heavy atom. The third-order valence-electron chi connectivity index (χ3n) is 5.27. The van der Waals surface area contributed by atoms with Crippen molar-refractivity contribution in [1.29, 1.82) is 0 Å². The molecule has 5 rings (SSSR count). The van der Waals surface area contributed by atoms with E-state index in [4.69, 9.17) is 15.7 Å². The summed E-state index contributed by atoms with van der Waals surface area (Å²) in [5.74, 6) is 0.424. The summed E-state index contributed by atoms with van der Waals surface area (Å²) >= 11 is 3.84. The highest BCUT2D eigenvalue weighted by atomic mass is 127. The number of amides is 1. The topological polar surface area (TPSA) is 80.9 Å². The Balaban J connectivity index is 1.52. The van der Waals surface area contributed by atoms with E-state index in [1.54, 1.807) is 11.3 Å². The van der Waals surface area contributed by atoms with Crippen molar-refractivity contribution in [1.82, 2.24) is 9.97 Å². The zero-order valence-corrected chi connectivity index (χ0v) is 19.5. The van der Waals surface area contributed by atoms with E-state index in [9.17, 15) is 4.79 Å². The van der Waals surface area contributed by atoms with Gasteiger partial charge < -0.3 is 11.1 Å². The minimum Gasteiger partial charge on any atom is -0.399 e. The summed E-state index contributed by atoms with van der Waals surface area (Å²) in [4.78, 5) is 23.6. The van der Waals surface area contributed by atoms with Crippen molar-refractivity contribution in [3.63, 3.8) is 0 Å². The largest absolute Gasteiger partial charge is 0.399 e. The highest BCUT2D eigenvalue weighted by molar-refractivity contribution is 14.1. The quantitative estimate of drug-likeness (QED) is 0.272. The molecule has 0 saturated carbocycles. The van der Waals surface area contributed by atoms with Gasteiger partial charge in [-0.3, -0.25) is 4.79 Å². The summed E-state index contributed by atoms with van der Waals surface area (Å²) in [5.41, 5.74) is 12.4. The van der Waals surface area contributed by atoms with Crippen LogP contribution in [0.25, 0.3) is 21.8 Å². The van der Waals surface area contributed by atoms with Gasteiger partial charge in [0.05, 0.1) is 22.7 Å². The molecule has 7 heteroatoms. The van der Waals surface area contributed by atoms with Gasteiger partial charge in [0.25, 0.3) is 0 Å². The van der Waals surface area contributed by atoms with Crippen LogP contribution in [0, 0.1) is 3.57 Å². The number of carbonyl (C=O) groups excluding carboxylic acids is 1. The molecule has 0 radical (unpaired) electrons. The van der Waals surface area contributed by atoms with E-state index in [2.05, 4.69) is 27.9 Å². The van der Waals surface area contributed by atoms with E-state index in [1.807, 2.05) is 60.0 Å². The van der Waals surface area contributed by atoms with Crippen molar-refractivity contribution in [2.75, 3.05) is 11.1 Å². The predicted octanol–water partition coefficient (Wildman–Crippen LogP) is 5.34. The fourth-order valence-electron chi connectivity index (χ4n) is 3.80. The first-order valence-electron chi connectivity index (χ1n) is 9.94. The molecule has 0 spiro atoms. The Kier molecular flexibility index (Phi) is 5.45. The zero-order valence-electron chi connectivity index (χ0n) is 16.6. The number of hydrogen-bond donors (Lipinski definition) is 2. The Morgan fingerprint density at radius 2 is 1.90 bits per heavy atom. The summed E-state index contributed by atoms with van der Waals surface area (Å²) in [6, 6.07) is 17.9. The minimum atomic E-state index is -0.0998. The van der Waals surface area contributed by atoms with Gasteiger partial charge >= 0.3 is 0 Å². The summed E-state index contributed by atoms with van der Waals surface area (Å²) in [7, 11) is 0. The molecule has 0 fully saturated rings. The molecular weight excluding hydrogens is 519 g/mol. The van der Waals surface area contributed by atoms with Gasteiger partial charge in [-0.2, -0.15) is 0 Å². The smallest absolute Gasteiger partial charge is 0.230 e. The van der Waals surface area contributed by atoms with Gasteiger partial charge in [-0.05, 0) is 82.3 Å². The molecule has 4 aromatic rings. The fraction of sp³-hybridized carbons (Fsp3) is 0.125. The normalized spacial score (nSPS) is 12.2. The fourth-order valence-corrected chi connectivity index (χ4v) is 4.88. The molecule has 1 aliphatic carbocycles. The maximum Gasteiger partial charge on any atom is 0.230 e. The number of thiophene rings is 1. The predicted molar refractivity (Wildman–Crippen MR) is 134 cm³/mol. The van der Waals surface area contributed by atoms with Crippen LogP contribution in [0.5, 0.6) is 0 Å². The van der Waals surface area contributed by atoms with E-state index in [-0.39, 0.29) is 5.91 Å². The van der Waals surface area contributed by atoms with E-state index in [0.717, 1.165) is 49.5 Å². The Hall–Kier alpha value is -2.78. The Bertz CT molecular complexity index is 1270. The van der Waals surface area contributed by atoms with Crippen LogP contribution in [-0.4, -0.2) is 15.9 Å². The molecule has 0 bridgehead atoms. The Labute approximate surface area is 197 Å². The van der Waals surface area contributed by atoms with Crippen LogP contribution in [0.2, 0.25) is 0 Å². The molecule has 154 valence electrons. The molecule has 0 aliphatic heterocycles. The van der Waals surface area contributed by atoms with Gasteiger partial charge in [-0.1, -0.05) is 24.3 Å². The lowest BCUT2D eigenvalue weighted by molar-refractivity contribution is -0.115. The summed E-state index contributed by atoms with van der Waals surface area (Å²) in [6.07, 6.45) is 1.92. The van der Waals surface area contributed by atoms with Crippen molar-refractivity contribution in [2.45, 2.75) is 19.3 Å². The molecule has 5 nitrogen and oxygen atoms in total. The molecule has 31 heavy (non-hydrogen) atoms. The summed E-state index contributed by atoms with van der Waals surface area (Å²) < 4.78 is 1.14. The molecular formula is C24H19IN4OS. The molecule has 1 amide bonds. The number of fused-ring (bicyclic) bond motifs is 3. The highest BCUT2D eigenvalue weighted by Gasteiger charge is 2.23. The number of rotatable bonds is 4. The van der Waals surface area contributed by atoms with E-state index >= 15 is 0 Å². The van der Waals surface area contributed by atoms with Gasteiger partial charge in [0.15, 0.2) is 5.82 Å². The number of nitrogens with zero attached hydrogens (tertiary/aromatic N) is 2. The van der Waals surface area contributed by atoms with Crippen molar-refractivity contribution < 1.29 is 4.79 Å². The molecule has 1 aliphatic rings. The maximum atomic E-state index is 12.8. The average molecular weight is 538 g/mol. The molecule has 2 heterocycles. The number of hydrogen-bond acceptors (Lipinski definition) is 5. The first-order chi connectivity index (χ1) is 15.1. The molecule has 0 atom stereocenters. The molecule has 3 N–H and O–H groups in total. The van der Waals surface area contributed by atoms with Crippen molar-refractivity contribution in [3.8, 4) is 21.8 Å². The molecule has 0 unspecified atom stereocenters. The number of aryl methyl sites for hydroxylation is 2. The standard InChI is InChI=1S/C24H19IN4OS/c25-16-6-3-14(4-7-16)12-21(30)28-24-23(20-2-1-11-31-20)29-22-18-9-8-17(26)13-15(18)5-10-19(22)27-24/h1-4,6-9,11,13H,5,10,12,26H2,(H,27,28,30). The monoisotopic (exact) mass is 538 g/mol. The second kappa shape index (κ2) is 8.39. The second-order valence-corrected chi connectivity index (χ2v) is 9.65. The van der Waals surface area contributed by atoms with Crippen LogP contribution in [-0.2, 0) is 24.1 Å². The SMILES string of the molecule is Nc1ccc2c(c1)CCc1nc(NC(=O)Cc3ccc(I)cc3)c(-c3cccs3)nc1-2. The van der Waals surface area contributed by atoms with Gasteiger partial charge in [0.1, 0.15) is 5.69 Å². The van der Waals surface area contributed by atoms with Gasteiger partial charge in [0.2, 0.25) is 5.91 Å². The minimum absolute atomic E-state index is 0.0998. The number of anilines is 2. The lowest BCUT2D eigenvalue weighted by Gasteiger charge is -2.21. The lowest BCUT2D eigenvalue weighted by atomic mass is 9.91. The Morgan fingerprint density at radius 3 is 2.68 bits per heavy atom. The first kappa shape index (κ1) is 20.1. The van der Waals surface area contributed by atoms with Gasteiger partial charge in [0, 0.05) is 14.8 Å². The molecule has 2 aromatic heterocycles. The maximum absolute atomic E-state index is 12.8. The average Bonchev–Trinajstić information content (AvgIpc) is 3.29. The summed E-state index contributed by atoms with van der Waals surface area (Å²) in [6.45, 7) is 0. The van der Waals surface area contributed by atoms with Crippen LogP contribution in [0.4, 0.5) is 11.5 Å². The van der Waals surface area contributed by atoms with E-state index in [1.165, 1.54) is 5.56 Å². The number of aromatic nitrogens is 2. The number of nitrogen functional groups attached to an aromatic ring is 1. The van der Waals surface area contributed by atoms with Gasteiger partial charge in [-0.15, -0.1) is 11.3 Å². The van der Waals surface area contributed by atoms with Crippen molar-refractivity contribution >= 4 is 51.3 Å². The van der Waals surface area contributed by atoms with Crippen LogP contribution < -0.4 is 11.1 Å². The van der Waals surface area contributed by atoms with Crippen LogP contribution in [0.1, 0.15) is 16.8 Å². The third-order valence-corrected chi connectivity index (χ3v) is 6.87. The number of carbonyl (C=O) groups is 1. The van der Waals surface area contributed by atoms with Crippen molar-refractivity contribution in [2.24, 2.45) is 0 Å². The van der Waals surface area contributed by atoms with Crippen LogP contribution in [0.15, 0.2) is 60.0 Å². The number of benzene rings is 2. The van der Waals surface area contributed by atoms with Gasteiger partial charge in [-0.25, -0.2) is 9.97 Å². The number of nitrogens with one attached hydrogen (secondary N) is 1. The zero-order chi connectivity index (χ0) is 21.4. The number of nitrogens with two attached hydrogens (primary N) is 1. The molecule has 2 aromatic carbocycles. The first-order valence-corrected chi connectivity index (χ1v) is 11.9. The second-order valence-electron chi connectivity index (χ2n) is 7.46. The molecule has 0 saturated heterocycles. The van der Waals surface area contributed by atoms with Crippen LogP contribution in [0.3, 0.4) is 0 Å². The van der Waals surface area contributed by atoms with E-state index in [0.29, 0.717) is 17.9 Å².